The Balaban J connectivity index is 1.39. The summed E-state index contributed by atoms with van der Waals surface area (Å²) in [5.41, 5.74) is 1.96. The number of nitrogens with zero attached hydrogens (tertiary/aromatic N) is 2. The van der Waals surface area contributed by atoms with Crippen LogP contribution < -0.4 is 5.32 Å². The predicted octanol–water partition coefficient (Wildman–Crippen LogP) is 3.09. The van der Waals surface area contributed by atoms with E-state index in [-0.39, 0.29) is 24.3 Å². The molecule has 30 heavy (non-hydrogen) atoms. The van der Waals surface area contributed by atoms with Gasteiger partial charge in [-0.3, -0.25) is 19.3 Å². The number of carbonyl (C=O) groups excluding carboxylic acids is 3. The Bertz CT molecular complexity index is 934. The minimum atomic E-state index is -0.349. The summed E-state index contributed by atoms with van der Waals surface area (Å²) in [6.07, 6.45) is 5.00. The number of nitrogens with one attached hydrogen (secondary N) is 1. The van der Waals surface area contributed by atoms with Gasteiger partial charge in [-0.1, -0.05) is 43.2 Å². The smallest absolute Gasteiger partial charge is 0.261 e. The van der Waals surface area contributed by atoms with Crippen molar-refractivity contribution in [2.24, 2.45) is 0 Å². The van der Waals surface area contributed by atoms with E-state index < -0.39 is 0 Å². The molecule has 0 unspecified atom stereocenters. The second-order valence-corrected chi connectivity index (χ2v) is 7.95. The summed E-state index contributed by atoms with van der Waals surface area (Å²) >= 11 is 0. The van der Waals surface area contributed by atoms with Crippen molar-refractivity contribution in [2.75, 3.05) is 26.2 Å². The lowest BCUT2D eigenvalue weighted by Crippen LogP contribution is -2.35. The van der Waals surface area contributed by atoms with Gasteiger partial charge in [-0.15, -0.1) is 0 Å². The van der Waals surface area contributed by atoms with Gasteiger partial charge in [0.25, 0.3) is 17.7 Å². The molecule has 156 valence electrons. The first kappa shape index (κ1) is 20.3. The van der Waals surface area contributed by atoms with E-state index in [4.69, 9.17) is 0 Å². The molecule has 2 heterocycles. The van der Waals surface area contributed by atoms with E-state index >= 15 is 0 Å². The second-order valence-electron chi connectivity index (χ2n) is 7.95. The SMILES string of the molecule is O=C(NCCN1CCCCCC1)c1ccc2c(c1)C(=O)N(Cc1ccccc1)C2=O. The number of rotatable bonds is 6. The average Bonchev–Trinajstić information content (AvgIpc) is 2.95. The van der Waals surface area contributed by atoms with Crippen LogP contribution in [0.2, 0.25) is 0 Å². The zero-order chi connectivity index (χ0) is 20.9. The lowest BCUT2D eigenvalue weighted by Gasteiger charge is -2.19. The monoisotopic (exact) mass is 405 g/mol. The Kier molecular flexibility index (Phi) is 6.23. The van der Waals surface area contributed by atoms with Gasteiger partial charge in [-0.05, 0) is 49.7 Å². The number of benzene rings is 2. The van der Waals surface area contributed by atoms with E-state index in [1.807, 2.05) is 30.3 Å². The Hall–Kier alpha value is -2.99. The molecule has 0 bridgehead atoms. The van der Waals surface area contributed by atoms with Gasteiger partial charge >= 0.3 is 0 Å². The fourth-order valence-corrected chi connectivity index (χ4v) is 4.13. The molecule has 2 aromatic rings. The fraction of sp³-hybridized carbons (Fsp3) is 0.375. The van der Waals surface area contributed by atoms with E-state index in [1.54, 1.807) is 18.2 Å². The first-order valence-electron chi connectivity index (χ1n) is 10.7. The Morgan fingerprint density at radius 3 is 2.30 bits per heavy atom. The summed E-state index contributed by atoms with van der Waals surface area (Å²) < 4.78 is 0. The summed E-state index contributed by atoms with van der Waals surface area (Å²) in [5.74, 6) is -0.876. The van der Waals surface area contributed by atoms with Crippen LogP contribution in [-0.2, 0) is 6.54 Å². The van der Waals surface area contributed by atoms with Crippen molar-refractivity contribution in [1.29, 1.82) is 0 Å². The van der Waals surface area contributed by atoms with Gasteiger partial charge in [0.15, 0.2) is 0 Å². The standard InChI is InChI=1S/C24H27N3O3/c28-22(25-12-15-26-13-6-1-2-7-14-26)19-10-11-20-21(16-19)24(30)27(23(20)29)17-18-8-4-3-5-9-18/h3-5,8-11,16H,1-2,6-7,12-15,17H2,(H,25,28). The highest BCUT2D eigenvalue weighted by molar-refractivity contribution is 6.22. The van der Waals surface area contributed by atoms with E-state index in [2.05, 4.69) is 10.2 Å². The third-order valence-electron chi connectivity index (χ3n) is 5.83. The largest absolute Gasteiger partial charge is 0.351 e. The van der Waals surface area contributed by atoms with Crippen LogP contribution in [0.25, 0.3) is 0 Å². The minimum absolute atomic E-state index is 0.214. The first-order valence-corrected chi connectivity index (χ1v) is 10.7. The second kappa shape index (κ2) is 9.22. The molecule has 1 saturated heterocycles. The van der Waals surface area contributed by atoms with Crippen LogP contribution in [0.3, 0.4) is 0 Å². The van der Waals surface area contributed by atoms with Crippen LogP contribution in [-0.4, -0.2) is 53.7 Å². The molecule has 1 N–H and O–H groups in total. The highest BCUT2D eigenvalue weighted by Gasteiger charge is 2.35. The van der Waals surface area contributed by atoms with Gasteiger partial charge in [0, 0.05) is 18.7 Å². The molecule has 2 aliphatic heterocycles. The van der Waals surface area contributed by atoms with Gasteiger partial charge in [0.1, 0.15) is 0 Å². The molecule has 0 radical (unpaired) electrons. The molecule has 2 aromatic carbocycles. The molecule has 3 amide bonds. The number of carbonyl (C=O) groups is 3. The lowest BCUT2D eigenvalue weighted by atomic mass is 10.1. The van der Waals surface area contributed by atoms with Crippen molar-refractivity contribution in [3.63, 3.8) is 0 Å². The lowest BCUT2D eigenvalue weighted by molar-refractivity contribution is 0.0642. The number of fused-ring (bicyclic) bond motifs is 1. The Morgan fingerprint density at radius 1 is 0.867 bits per heavy atom. The number of imide groups is 1. The predicted molar refractivity (Wildman–Crippen MR) is 114 cm³/mol. The first-order chi connectivity index (χ1) is 14.6. The van der Waals surface area contributed by atoms with Gasteiger partial charge in [-0.2, -0.15) is 0 Å². The fourth-order valence-electron chi connectivity index (χ4n) is 4.13. The molecule has 6 nitrogen and oxygen atoms in total. The van der Waals surface area contributed by atoms with Crippen molar-refractivity contribution in [2.45, 2.75) is 32.2 Å². The van der Waals surface area contributed by atoms with Crippen LogP contribution in [0.5, 0.6) is 0 Å². The molecule has 0 atom stereocenters. The number of hydrogen-bond donors (Lipinski definition) is 1. The summed E-state index contributed by atoms with van der Waals surface area (Å²) in [6.45, 7) is 3.80. The average molecular weight is 405 g/mol. The van der Waals surface area contributed by atoms with Gasteiger partial charge in [-0.25, -0.2) is 0 Å². The highest BCUT2D eigenvalue weighted by atomic mass is 16.2. The van der Waals surface area contributed by atoms with Crippen molar-refractivity contribution >= 4 is 17.7 Å². The molecular weight excluding hydrogens is 378 g/mol. The molecular formula is C24H27N3O3. The molecule has 1 fully saturated rings. The van der Waals surface area contributed by atoms with Crippen LogP contribution >= 0.6 is 0 Å². The van der Waals surface area contributed by atoms with Crippen LogP contribution in [0, 0.1) is 0 Å². The molecule has 6 heteroatoms. The number of amides is 3. The zero-order valence-electron chi connectivity index (χ0n) is 17.1. The maximum absolute atomic E-state index is 12.8. The van der Waals surface area contributed by atoms with Crippen molar-refractivity contribution in [1.82, 2.24) is 15.1 Å². The van der Waals surface area contributed by atoms with E-state index in [1.165, 1.54) is 30.6 Å². The highest BCUT2D eigenvalue weighted by Crippen LogP contribution is 2.25. The molecule has 0 saturated carbocycles. The summed E-state index contributed by atoms with van der Waals surface area (Å²) in [4.78, 5) is 41.7. The summed E-state index contributed by atoms with van der Waals surface area (Å²) in [6, 6.07) is 14.2. The van der Waals surface area contributed by atoms with Crippen molar-refractivity contribution < 1.29 is 14.4 Å². The van der Waals surface area contributed by atoms with E-state index in [0.29, 0.717) is 23.2 Å². The van der Waals surface area contributed by atoms with Crippen molar-refractivity contribution in [3.8, 4) is 0 Å². The molecule has 4 rings (SSSR count). The van der Waals surface area contributed by atoms with Crippen LogP contribution in [0.15, 0.2) is 48.5 Å². The summed E-state index contributed by atoms with van der Waals surface area (Å²) in [5, 5.41) is 2.94. The molecule has 0 spiro atoms. The van der Waals surface area contributed by atoms with Crippen LogP contribution in [0.1, 0.15) is 62.3 Å². The summed E-state index contributed by atoms with van der Waals surface area (Å²) in [7, 11) is 0. The molecule has 2 aliphatic rings. The third kappa shape index (κ3) is 4.44. The molecule has 0 aliphatic carbocycles. The number of hydrogen-bond acceptors (Lipinski definition) is 4. The Morgan fingerprint density at radius 2 is 1.57 bits per heavy atom. The third-order valence-corrected chi connectivity index (χ3v) is 5.83. The van der Waals surface area contributed by atoms with E-state index in [9.17, 15) is 14.4 Å². The van der Waals surface area contributed by atoms with Crippen LogP contribution in [0.4, 0.5) is 0 Å². The van der Waals surface area contributed by atoms with Crippen molar-refractivity contribution in [3.05, 3.63) is 70.8 Å². The maximum Gasteiger partial charge on any atom is 0.261 e. The normalized spacial score (nSPS) is 17.0. The van der Waals surface area contributed by atoms with Gasteiger partial charge in [0.2, 0.25) is 0 Å². The number of likely N-dealkylation sites (tertiary alicyclic amines) is 1. The maximum atomic E-state index is 12.8. The minimum Gasteiger partial charge on any atom is -0.351 e. The van der Waals surface area contributed by atoms with Gasteiger partial charge < -0.3 is 10.2 Å². The Labute approximate surface area is 176 Å². The topological polar surface area (TPSA) is 69.7 Å². The van der Waals surface area contributed by atoms with Gasteiger partial charge in [0.05, 0.1) is 17.7 Å². The van der Waals surface area contributed by atoms with E-state index in [0.717, 1.165) is 25.2 Å². The molecule has 0 aromatic heterocycles. The zero-order valence-corrected chi connectivity index (χ0v) is 17.1. The quantitative estimate of drug-likeness (QED) is 0.750.